The van der Waals surface area contributed by atoms with Crippen molar-refractivity contribution in [2.75, 3.05) is 20.7 Å². The normalized spacial score (nSPS) is 11.3. The zero-order valence-electron chi connectivity index (χ0n) is 14.6. The molecule has 0 aromatic heterocycles. The van der Waals surface area contributed by atoms with Crippen molar-refractivity contribution < 1.29 is 4.74 Å². The van der Waals surface area contributed by atoms with Gasteiger partial charge in [0, 0.05) is 27.2 Å². The summed E-state index contributed by atoms with van der Waals surface area (Å²) >= 11 is 0. The Morgan fingerprint density at radius 1 is 0.958 bits per heavy atom. The van der Waals surface area contributed by atoms with Crippen LogP contribution in [0, 0.1) is 0 Å². The van der Waals surface area contributed by atoms with Crippen molar-refractivity contribution in [3.05, 3.63) is 71.3 Å². The molecular weight excluding hydrogens is 298 g/mol. The van der Waals surface area contributed by atoms with Gasteiger partial charge in [0.2, 0.25) is 0 Å². The van der Waals surface area contributed by atoms with E-state index >= 15 is 0 Å². The molecule has 0 aliphatic rings. The number of guanidine groups is 1. The molecule has 0 fully saturated rings. The molecule has 4 heteroatoms. The average molecular weight is 325 g/mol. The van der Waals surface area contributed by atoms with Crippen molar-refractivity contribution >= 4 is 5.96 Å². The van der Waals surface area contributed by atoms with E-state index in [2.05, 4.69) is 70.2 Å². The van der Waals surface area contributed by atoms with E-state index in [1.165, 1.54) is 16.7 Å². The zero-order chi connectivity index (χ0) is 17.0. The number of nitrogens with zero attached hydrogens (tertiary/aromatic N) is 1. The van der Waals surface area contributed by atoms with Crippen LogP contribution >= 0.6 is 0 Å². The van der Waals surface area contributed by atoms with Gasteiger partial charge in [-0.05, 0) is 29.5 Å². The summed E-state index contributed by atoms with van der Waals surface area (Å²) < 4.78 is 5.18. The van der Waals surface area contributed by atoms with Crippen molar-refractivity contribution in [2.24, 2.45) is 4.99 Å². The molecule has 0 saturated carbocycles. The Kier molecular flexibility index (Phi) is 7.84. The Hall–Kier alpha value is -2.33. The van der Waals surface area contributed by atoms with Crippen LogP contribution in [0.2, 0.25) is 0 Å². The monoisotopic (exact) mass is 325 g/mol. The molecule has 2 rings (SSSR count). The van der Waals surface area contributed by atoms with Crippen LogP contribution in [-0.4, -0.2) is 26.7 Å². The smallest absolute Gasteiger partial charge is 0.191 e. The third-order valence-electron chi connectivity index (χ3n) is 3.76. The Morgan fingerprint density at radius 3 is 2.46 bits per heavy atom. The lowest BCUT2D eigenvalue weighted by atomic mass is 10.1. The Morgan fingerprint density at radius 2 is 1.71 bits per heavy atom. The standard InChI is InChI=1S/C20H27N3O/c1-21-20(22-13-7-12-17-8-4-3-5-9-17)23-15-18-10-6-11-19(14-18)16-24-2/h3-6,8-11,14H,7,12-13,15-16H2,1-2H3,(H2,21,22,23). The number of nitrogens with one attached hydrogen (secondary N) is 2. The van der Waals surface area contributed by atoms with Gasteiger partial charge in [-0.1, -0.05) is 54.6 Å². The lowest BCUT2D eigenvalue weighted by Crippen LogP contribution is -2.37. The number of hydrogen-bond donors (Lipinski definition) is 2. The first kappa shape index (κ1) is 18.0. The minimum Gasteiger partial charge on any atom is -0.380 e. The largest absolute Gasteiger partial charge is 0.380 e. The van der Waals surface area contributed by atoms with Gasteiger partial charge < -0.3 is 15.4 Å². The van der Waals surface area contributed by atoms with E-state index in [0.717, 1.165) is 31.9 Å². The van der Waals surface area contributed by atoms with E-state index in [9.17, 15) is 0 Å². The van der Waals surface area contributed by atoms with E-state index in [0.29, 0.717) is 6.61 Å². The Labute approximate surface area is 145 Å². The molecule has 0 heterocycles. The second kappa shape index (κ2) is 10.4. The maximum absolute atomic E-state index is 5.18. The molecule has 0 aliphatic carbocycles. The van der Waals surface area contributed by atoms with Gasteiger partial charge in [0.1, 0.15) is 0 Å². The highest BCUT2D eigenvalue weighted by Crippen LogP contribution is 2.06. The summed E-state index contributed by atoms with van der Waals surface area (Å²) in [6, 6.07) is 18.9. The van der Waals surface area contributed by atoms with Crippen LogP contribution < -0.4 is 10.6 Å². The maximum Gasteiger partial charge on any atom is 0.191 e. The topological polar surface area (TPSA) is 45.7 Å². The molecule has 0 saturated heterocycles. The van der Waals surface area contributed by atoms with Gasteiger partial charge in [-0.15, -0.1) is 0 Å². The highest BCUT2D eigenvalue weighted by Gasteiger charge is 2.00. The number of aliphatic imine (C=N–C) groups is 1. The molecule has 0 amide bonds. The molecule has 0 radical (unpaired) electrons. The predicted molar refractivity (Wildman–Crippen MR) is 100 cm³/mol. The van der Waals surface area contributed by atoms with Crippen LogP contribution in [0.5, 0.6) is 0 Å². The average Bonchev–Trinajstić information content (AvgIpc) is 2.63. The molecule has 0 bridgehead atoms. The summed E-state index contributed by atoms with van der Waals surface area (Å²) in [4.78, 5) is 4.28. The summed E-state index contributed by atoms with van der Waals surface area (Å²) in [6.07, 6.45) is 2.15. The van der Waals surface area contributed by atoms with E-state index in [1.54, 1.807) is 14.2 Å². The number of aryl methyl sites for hydroxylation is 1. The van der Waals surface area contributed by atoms with Crippen molar-refractivity contribution in [1.82, 2.24) is 10.6 Å². The molecular formula is C20H27N3O. The fourth-order valence-electron chi connectivity index (χ4n) is 2.55. The van der Waals surface area contributed by atoms with Crippen molar-refractivity contribution in [3.8, 4) is 0 Å². The molecule has 2 N–H and O–H groups in total. The quantitative estimate of drug-likeness (QED) is 0.445. The van der Waals surface area contributed by atoms with Gasteiger partial charge in [-0.3, -0.25) is 4.99 Å². The molecule has 128 valence electrons. The van der Waals surface area contributed by atoms with Crippen LogP contribution in [0.25, 0.3) is 0 Å². The number of ether oxygens (including phenoxy) is 1. The SMILES string of the molecule is CN=C(NCCCc1ccccc1)NCc1cccc(COC)c1. The fourth-order valence-corrected chi connectivity index (χ4v) is 2.55. The third kappa shape index (κ3) is 6.42. The van der Waals surface area contributed by atoms with E-state index in [1.807, 2.05) is 0 Å². The Bertz CT molecular complexity index is 626. The highest BCUT2D eigenvalue weighted by molar-refractivity contribution is 5.79. The highest BCUT2D eigenvalue weighted by atomic mass is 16.5. The summed E-state index contributed by atoms with van der Waals surface area (Å²) in [5, 5.41) is 6.72. The van der Waals surface area contributed by atoms with Gasteiger partial charge in [0.25, 0.3) is 0 Å². The van der Waals surface area contributed by atoms with E-state index in [-0.39, 0.29) is 0 Å². The minimum atomic E-state index is 0.639. The van der Waals surface area contributed by atoms with Crippen LogP contribution in [0.15, 0.2) is 59.6 Å². The van der Waals surface area contributed by atoms with Gasteiger partial charge >= 0.3 is 0 Å². The third-order valence-corrected chi connectivity index (χ3v) is 3.76. The van der Waals surface area contributed by atoms with Crippen molar-refractivity contribution in [1.29, 1.82) is 0 Å². The number of rotatable bonds is 8. The first-order chi connectivity index (χ1) is 11.8. The molecule has 0 spiro atoms. The van der Waals surface area contributed by atoms with E-state index < -0.39 is 0 Å². The first-order valence-corrected chi connectivity index (χ1v) is 8.37. The summed E-state index contributed by atoms with van der Waals surface area (Å²) in [5.41, 5.74) is 3.77. The number of benzene rings is 2. The maximum atomic E-state index is 5.18. The van der Waals surface area contributed by atoms with Gasteiger partial charge in [-0.2, -0.15) is 0 Å². The van der Waals surface area contributed by atoms with Gasteiger partial charge in [0.05, 0.1) is 6.61 Å². The summed E-state index contributed by atoms with van der Waals surface area (Å²) in [5.74, 6) is 0.834. The lowest BCUT2D eigenvalue weighted by molar-refractivity contribution is 0.185. The summed E-state index contributed by atoms with van der Waals surface area (Å²) in [6.45, 7) is 2.29. The molecule has 2 aromatic carbocycles. The van der Waals surface area contributed by atoms with Crippen LogP contribution in [0.4, 0.5) is 0 Å². The molecule has 2 aromatic rings. The van der Waals surface area contributed by atoms with Crippen molar-refractivity contribution in [2.45, 2.75) is 26.0 Å². The second-order valence-electron chi connectivity index (χ2n) is 5.69. The van der Waals surface area contributed by atoms with Crippen LogP contribution in [-0.2, 0) is 24.3 Å². The van der Waals surface area contributed by atoms with Crippen molar-refractivity contribution in [3.63, 3.8) is 0 Å². The molecule has 0 unspecified atom stereocenters. The molecule has 4 nitrogen and oxygen atoms in total. The predicted octanol–water partition coefficient (Wildman–Crippen LogP) is 3.13. The van der Waals surface area contributed by atoms with Crippen LogP contribution in [0.3, 0.4) is 0 Å². The molecule has 0 atom stereocenters. The zero-order valence-corrected chi connectivity index (χ0v) is 14.6. The summed E-state index contributed by atoms with van der Waals surface area (Å²) in [7, 11) is 3.51. The number of hydrogen-bond acceptors (Lipinski definition) is 2. The fraction of sp³-hybridized carbons (Fsp3) is 0.350. The number of methoxy groups -OCH3 is 1. The molecule has 24 heavy (non-hydrogen) atoms. The molecule has 0 aliphatic heterocycles. The minimum absolute atomic E-state index is 0.639. The Balaban J connectivity index is 1.71. The van der Waals surface area contributed by atoms with Gasteiger partial charge in [0.15, 0.2) is 5.96 Å². The first-order valence-electron chi connectivity index (χ1n) is 8.37. The van der Waals surface area contributed by atoms with Crippen LogP contribution in [0.1, 0.15) is 23.1 Å². The van der Waals surface area contributed by atoms with E-state index in [4.69, 9.17) is 4.74 Å². The lowest BCUT2D eigenvalue weighted by Gasteiger charge is -2.12. The van der Waals surface area contributed by atoms with Gasteiger partial charge in [-0.25, -0.2) is 0 Å². The second-order valence-corrected chi connectivity index (χ2v) is 5.69.